The van der Waals surface area contributed by atoms with E-state index in [1.165, 1.54) is 25.7 Å². The van der Waals surface area contributed by atoms with Crippen LogP contribution in [0.3, 0.4) is 0 Å². The van der Waals surface area contributed by atoms with E-state index in [-0.39, 0.29) is 58.2 Å². The topological polar surface area (TPSA) is 17.1 Å². The maximum atomic E-state index is 10.1. The van der Waals surface area contributed by atoms with Crippen LogP contribution in [0, 0.1) is 12.3 Å². The van der Waals surface area contributed by atoms with Crippen LogP contribution in [-0.4, -0.2) is 6.29 Å². The van der Waals surface area contributed by atoms with Gasteiger partial charge in [0.25, 0.3) is 0 Å². The van der Waals surface area contributed by atoms with Crippen LogP contribution in [0.15, 0.2) is 0 Å². The van der Waals surface area contributed by atoms with E-state index in [0.717, 1.165) is 12.7 Å². The fourth-order valence-electron chi connectivity index (χ4n) is 1.37. The van der Waals surface area contributed by atoms with Crippen molar-refractivity contribution in [1.29, 1.82) is 0 Å². The first kappa shape index (κ1) is 11.5. The molecule has 0 bridgehead atoms. The normalized spacial score (nSPS) is 19.6. The third kappa shape index (κ3) is 4.37. The number of hydrogen-bond donors (Lipinski definition) is 0. The Hall–Kier alpha value is 1.48. The summed E-state index contributed by atoms with van der Waals surface area (Å²) >= 11 is 0. The second-order valence-electron chi connectivity index (χ2n) is 2.71. The van der Waals surface area contributed by atoms with Gasteiger partial charge in [0.05, 0.1) is 0 Å². The van der Waals surface area contributed by atoms with Gasteiger partial charge in [-0.15, -0.1) is 0 Å². The van der Waals surface area contributed by atoms with Gasteiger partial charge in [0.1, 0.15) is 6.29 Å². The number of hydrogen-bond acceptors (Lipinski definition) is 1. The Kier molecular flexibility index (Phi) is 8.20. The zero-order valence-electron chi connectivity index (χ0n) is 6.68. The zero-order chi connectivity index (χ0) is 6.53. The smallest absolute Gasteiger partial charge is 0.328 e. The Bertz CT molecular complexity index is 87.3. The molecule has 0 aromatic carbocycles. The van der Waals surface area contributed by atoms with E-state index in [1.54, 1.807) is 0 Å². The molecule has 0 unspecified atom stereocenters. The van der Waals surface area contributed by atoms with Crippen LogP contribution in [-0.2, 0) is 4.79 Å². The second kappa shape index (κ2) is 7.14. The van der Waals surface area contributed by atoms with Crippen LogP contribution in [0.25, 0.3) is 0 Å². The van der Waals surface area contributed by atoms with E-state index in [9.17, 15) is 4.79 Å². The van der Waals surface area contributed by atoms with E-state index in [2.05, 4.69) is 6.42 Å². The van der Waals surface area contributed by atoms with Crippen molar-refractivity contribution in [3.05, 3.63) is 6.42 Å². The molecule has 0 heterocycles. The van der Waals surface area contributed by atoms with Gasteiger partial charge in [-0.3, -0.25) is 0 Å². The molecule has 1 rings (SSSR count). The van der Waals surface area contributed by atoms with Gasteiger partial charge in [-0.1, -0.05) is 12.8 Å². The molecule has 1 saturated carbocycles. The molecular weight excluding hydrogens is 198 g/mol. The molecule has 52 valence electrons. The summed E-state index contributed by atoms with van der Waals surface area (Å²) in [7, 11) is 0. The summed E-state index contributed by atoms with van der Waals surface area (Å²) < 4.78 is 0. The molecule has 2 heteroatoms. The summed E-state index contributed by atoms with van der Waals surface area (Å²) in [6.45, 7) is 0. The minimum absolute atomic E-state index is 0. The van der Waals surface area contributed by atoms with Gasteiger partial charge in [0, 0.05) is 6.42 Å². The molecular formula is C8H13ORb. The molecule has 0 N–H and O–H groups in total. The van der Waals surface area contributed by atoms with Gasteiger partial charge in [0.2, 0.25) is 0 Å². The molecule has 1 fully saturated rings. The minimum atomic E-state index is 0. The molecule has 0 spiro atoms. The molecule has 0 saturated heterocycles. The molecule has 1 aliphatic carbocycles. The fraction of sp³-hybridized carbons (Fsp3) is 0.750. The van der Waals surface area contributed by atoms with Crippen molar-refractivity contribution < 1.29 is 63.0 Å². The summed E-state index contributed by atoms with van der Waals surface area (Å²) in [5.74, 6) is 0.701. The predicted molar refractivity (Wildman–Crippen MR) is 36.9 cm³/mol. The SMILES string of the molecule is O=CCC1CC[CH-]CC1.[Rb+]. The van der Waals surface area contributed by atoms with E-state index in [0.29, 0.717) is 5.92 Å². The van der Waals surface area contributed by atoms with Crippen LogP contribution in [0.5, 0.6) is 0 Å². The summed E-state index contributed by atoms with van der Waals surface area (Å²) in [6.07, 6.45) is 9.07. The Balaban J connectivity index is 0.000000810. The van der Waals surface area contributed by atoms with Crippen LogP contribution < -0.4 is 58.2 Å². The first-order chi connectivity index (χ1) is 4.43. The largest absolute Gasteiger partial charge is 1.00 e. The van der Waals surface area contributed by atoms with E-state index < -0.39 is 0 Å². The van der Waals surface area contributed by atoms with Crippen molar-refractivity contribution in [2.24, 2.45) is 5.92 Å². The van der Waals surface area contributed by atoms with Crippen LogP contribution in [0.1, 0.15) is 32.1 Å². The first-order valence-electron chi connectivity index (χ1n) is 3.69. The summed E-state index contributed by atoms with van der Waals surface area (Å²) in [4.78, 5) is 10.1. The maximum absolute atomic E-state index is 10.1. The van der Waals surface area contributed by atoms with Crippen molar-refractivity contribution in [2.75, 3.05) is 0 Å². The Labute approximate surface area is 112 Å². The standard InChI is InChI=1S/C8H13O.Rb/c9-7-6-8-4-2-1-3-5-8;/h1,7-8H,2-6H2;/q-1;+1. The Morgan fingerprint density at radius 2 is 2.00 bits per heavy atom. The monoisotopic (exact) mass is 210 g/mol. The first-order valence-corrected chi connectivity index (χ1v) is 3.69. The molecule has 0 aromatic rings. The quantitative estimate of drug-likeness (QED) is 0.421. The van der Waals surface area contributed by atoms with E-state index in [1.807, 2.05) is 0 Å². The maximum Gasteiger partial charge on any atom is 1.00 e. The predicted octanol–water partition coefficient (Wildman–Crippen LogP) is -1.03. The number of carbonyl (C=O) groups excluding carboxylic acids is 1. The van der Waals surface area contributed by atoms with Gasteiger partial charge < -0.3 is 11.2 Å². The molecule has 0 amide bonds. The van der Waals surface area contributed by atoms with Crippen molar-refractivity contribution in [3.8, 4) is 0 Å². The third-order valence-electron chi connectivity index (χ3n) is 1.99. The fourth-order valence-corrected chi connectivity index (χ4v) is 1.37. The average Bonchev–Trinajstić information content (AvgIpc) is 1.91. The number of aldehydes is 1. The van der Waals surface area contributed by atoms with Gasteiger partial charge >= 0.3 is 58.2 Å². The molecule has 1 nitrogen and oxygen atoms in total. The van der Waals surface area contributed by atoms with E-state index >= 15 is 0 Å². The Morgan fingerprint density at radius 1 is 1.40 bits per heavy atom. The summed E-state index contributed by atoms with van der Waals surface area (Å²) in [6, 6.07) is 0. The second-order valence-corrected chi connectivity index (χ2v) is 2.71. The number of carbonyl (C=O) groups is 1. The van der Waals surface area contributed by atoms with Crippen molar-refractivity contribution in [1.82, 2.24) is 0 Å². The van der Waals surface area contributed by atoms with Crippen molar-refractivity contribution >= 4 is 6.29 Å². The third-order valence-corrected chi connectivity index (χ3v) is 1.99. The zero-order valence-corrected chi connectivity index (χ0v) is 11.6. The summed E-state index contributed by atoms with van der Waals surface area (Å²) in [5, 5.41) is 0. The molecule has 0 aromatic heterocycles. The van der Waals surface area contributed by atoms with Crippen LogP contribution in [0.4, 0.5) is 0 Å². The van der Waals surface area contributed by atoms with Gasteiger partial charge in [0.15, 0.2) is 0 Å². The summed E-state index contributed by atoms with van der Waals surface area (Å²) in [5.41, 5.74) is 0. The molecule has 0 radical (unpaired) electrons. The van der Waals surface area contributed by atoms with Crippen LogP contribution >= 0.6 is 0 Å². The average molecular weight is 211 g/mol. The van der Waals surface area contributed by atoms with Gasteiger partial charge in [-0.05, 0) is 5.92 Å². The minimum Gasteiger partial charge on any atom is -0.328 e. The van der Waals surface area contributed by atoms with Crippen molar-refractivity contribution in [3.63, 3.8) is 0 Å². The van der Waals surface area contributed by atoms with Crippen LogP contribution in [0.2, 0.25) is 0 Å². The van der Waals surface area contributed by atoms with Gasteiger partial charge in [-0.25, -0.2) is 0 Å². The molecule has 10 heavy (non-hydrogen) atoms. The number of rotatable bonds is 2. The van der Waals surface area contributed by atoms with Gasteiger partial charge in [-0.2, -0.15) is 12.8 Å². The Morgan fingerprint density at radius 3 is 2.50 bits per heavy atom. The molecule has 0 atom stereocenters. The molecule has 0 aliphatic heterocycles. The van der Waals surface area contributed by atoms with E-state index in [4.69, 9.17) is 0 Å². The van der Waals surface area contributed by atoms with Crippen molar-refractivity contribution in [2.45, 2.75) is 32.1 Å². The molecule has 1 aliphatic rings.